The highest BCUT2D eigenvalue weighted by atomic mass is 16.5. The number of aromatic nitrogens is 3. The second kappa shape index (κ2) is 8.81. The third kappa shape index (κ3) is 3.98. The fourth-order valence-corrected chi connectivity index (χ4v) is 3.40. The predicted molar refractivity (Wildman–Crippen MR) is 129 cm³/mol. The van der Waals surface area contributed by atoms with Crippen molar-refractivity contribution in [1.29, 1.82) is 0 Å². The molecule has 8 heteroatoms. The minimum Gasteiger partial charge on any atom is -0.494 e. The molecule has 0 bridgehead atoms. The molecule has 3 N–H and O–H groups in total. The van der Waals surface area contributed by atoms with Crippen molar-refractivity contribution >= 4 is 39.8 Å². The molecule has 0 saturated heterocycles. The first kappa shape index (κ1) is 15.5. The van der Waals surface area contributed by atoms with E-state index in [0.717, 1.165) is 11.5 Å². The van der Waals surface area contributed by atoms with Crippen molar-refractivity contribution in [2.75, 3.05) is 30.1 Å². The maximum Gasteiger partial charge on any atom is 0.247 e. The Morgan fingerprint density at radius 1 is 1.25 bits per heavy atom. The summed E-state index contributed by atoms with van der Waals surface area (Å²) in [5.74, 6) is 0.0274. The van der Waals surface area contributed by atoms with Crippen LogP contribution in [0.1, 0.15) is 6.85 Å². The molecule has 0 spiro atoms. The zero-order valence-electron chi connectivity index (χ0n) is 22.4. The topological polar surface area (TPSA) is 93.1 Å². The van der Waals surface area contributed by atoms with Crippen molar-refractivity contribution in [3.63, 3.8) is 0 Å². The molecule has 0 fully saturated rings. The van der Waals surface area contributed by atoms with Gasteiger partial charge in [-0.25, -0.2) is 9.97 Å². The van der Waals surface area contributed by atoms with Crippen LogP contribution >= 0.6 is 0 Å². The van der Waals surface area contributed by atoms with E-state index >= 15 is 0 Å². The van der Waals surface area contributed by atoms with Gasteiger partial charge in [-0.1, -0.05) is 24.7 Å². The second-order valence-corrected chi connectivity index (χ2v) is 6.80. The highest BCUT2D eigenvalue weighted by molar-refractivity contribution is 6.02. The Labute approximate surface area is 193 Å². The number of carbonyl (C=O) groups is 1. The normalized spacial score (nSPS) is 13.1. The summed E-state index contributed by atoms with van der Waals surface area (Å²) in [6.07, 6.45) is 3.96. The molecule has 2 heterocycles. The number of anilines is 4. The van der Waals surface area contributed by atoms with E-state index in [4.69, 9.17) is 11.6 Å². The summed E-state index contributed by atoms with van der Waals surface area (Å²) in [5, 5.41) is 9.43. The Hall–Kier alpha value is -4.33. The molecule has 2 aromatic carbocycles. The van der Waals surface area contributed by atoms with Crippen molar-refractivity contribution in [2.24, 2.45) is 6.98 Å². The second-order valence-electron chi connectivity index (χ2n) is 6.80. The minimum atomic E-state index is -2.36. The predicted octanol–water partition coefficient (Wildman–Crippen LogP) is 4.55. The molecule has 0 aliphatic heterocycles. The molecule has 32 heavy (non-hydrogen) atoms. The van der Waals surface area contributed by atoms with Crippen LogP contribution in [0.25, 0.3) is 22.2 Å². The van der Waals surface area contributed by atoms with Gasteiger partial charge in [-0.15, -0.1) is 0 Å². The van der Waals surface area contributed by atoms with Crippen LogP contribution < -0.4 is 20.7 Å². The van der Waals surface area contributed by atoms with Crippen LogP contribution in [-0.4, -0.2) is 34.6 Å². The van der Waals surface area contributed by atoms with Crippen LogP contribution in [0.3, 0.4) is 0 Å². The molecule has 4 aromatic rings. The molecule has 0 aliphatic rings. The van der Waals surface area contributed by atoms with E-state index in [1.807, 2.05) is 12.1 Å². The molecule has 0 aliphatic carbocycles. The largest absolute Gasteiger partial charge is 0.494 e. The lowest BCUT2D eigenvalue weighted by molar-refractivity contribution is -0.111. The first-order valence-corrected chi connectivity index (χ1v) is 9.67. The maximum absolute atomic E-state index is 12.1. The van der Waals surface area contributed by atoms with Crippen LogP contribution in [0.2, 0.25) is 0 Å². The molecule has 0 atom stereocenters. The number of hydrogen-bond donors (Lipinski definition) is 3. The van der Waals surface area contributed by atoms with Gasteiger partial charge in [0.25, 0.3) is 0 Å². The summed E-state index contributed by atoms with van der Waals surface area (Å²) < 4.78 is 44.7. The van der Waals surface area contributed by atoms with Crippen molar-refractivity contribution in [3.8, 4) is 17.0 Å². The van der Waals surface area contributed by atoms with Gasteiger partial charge in [0, 0.05) is 53.1 Å². The number of para-hydroxylation sites is 1. The number of benzene rings is 2. The first-order chi connectivity index (χ1) is 17.6. The van der Waals surface area contributed by atoms with Gasteiger partial charge in [-0.3, -0.25) is 4.79 Å². The zero-order chi connectivity index (χ0) is 26.7. The van der Waals surface area contributed by atoms with E-state index in [1.54, 1.807) is 49.8 Å². The Morgan fingerprint density at radius 3 is 2.91 bits per heavy atom. The minimum absolute atomic E-state index is 0.218. The SMILES string of the molecule is [2H]C([2H])=CC(=O)Nc1cc(Nc2nccc(-c3cn(C([2H])([2H])[2H])c4ccccc34)n2)c(OC)cc1NC. The van der Waals surface area contributed by atoms with Gasteiger partial charge in [-0.2, -0.15) is 0 Å². The molecular formula is C24H24N6O2. The summed E-state index contributed by atoms with van der Waals surface area (Å²) in [7, 11) is 3.17. The van der Waals surface area contributed by atoms with Crippen LogP contribution in [0.4, 0.5) is 23.0 Å². The average Bonchev–Trinajstić information content (AvgIpc) is 3.24. The van der Waals surface area contributed by atoms with E-state index < -0.39 is 19.4 Å². The van der Waals surface area contributed by atoms with Crippen molar-refractivity contribution in [1.82, 2.24) is 14.5 Å². The lowest BCUT2D eigenvalue weighted by Crippen LogP contribution is -2.10. The summed E-state index contributed by atoms with van der Waals surface area (Å²) in [6.45, 7) is -2.98. The molecule has 2 aromatic heterocycles. The van der Waals surface area contributed by atoms with Gasteiger partial charge in [0.15, 0.2) is 0 Å². The number of carbonyl (C=O) groups excluding carboxylic acids is 1. The van der Waals surface area contributed by atoms with Gasteiger partial charge in [0.2, 0.25) is 11.9 Å². The number of amides is 1. The van der Waals surface area contributed by atoms with Crippen LogP contribution in [-0.2, 0) is 11.8 Å². The molecule has 0 saturated carbocycles. The number of ether oxygens (including phenoxy) is 1. The fraction of sp³-hybridized carbons (Fsp3) is 0.125. The standard InChI is InChI=1S/C24H24N6O2/c1-5-23(31)27-19-12-20(22(32-4)13-18(19)25-2)29-24-26-11-10-17(28-24)16-14-30(3)21-9-7-6-8-15(16)21/h5-14,25H,1H2,2-4H3,(H,27,31)(H,26,28,29)/i1D2,3D3. The van der Waals surface area contributed by atoms with Gasteiger partial charge in [0.05, 0.1) is 32.6 Å². The smallest absolute Gasteiger partial charge is 0.247 e. The van der Waals surface area contributed by atoms with Gasteiger partial charge in [-0.05, 0) is 24.3 Å². The van der Waals surface area contributed by atoms with Crippen LogP contribution in [0.15, 0.2) is 67.5 Å². The average molecular weight is 434 g/mol. The molecule has 1 amide bonds. The van der Waals surface area contributed by atoms with E-state index in [2.05, 4.69) is 25.9 Å². The fourth-order valence-electron chi connectivity index (χ4n) is 3.40. The molecule has 0 radical (unpaired) electrons. The number of nitrogens with one attached hydrogen (secondary N) is 3. The Balaban J connectivity index is 1.73. The van der Waals surface area contributed by atoms with Crippen LogP contribution in [0.5, 0.6) is 5.75 Å². The number of fused-ring (bicyclic) bond motifs is 1. The Bertz CT molecular complexity index is 1500. The number of methoxy groups -OCH3 is 1. The summed E-state index contributed by atoms with van der Waals surface area (Å²) in [4.78, 5) is 21.0. The van der Waals surface area contributed by atoms with E-state index in [9.17, 15) is 4.79 Å². The summed E-state index contributed by atoms with van der Waals surface area (Å²) >= 11 is 0. The monoisotopic (exact) mass is 433 g/mol. The maximum atomic E-state index is 12.1. The third-order valence-electron chi connectivity index (χ3n) is 4.89. The number of aryl methyl sites for hydroxylation is 1. The number of hydrogen-bond acceptors (Lipinski definition) is 6. The Morgan fingerprint density at radius 2 is 2.12 bits per heavy atom. The molecule has 162 valence electrons. The first-order valence-electron chi connectivity index (χ1n) is 12.2. The quantitative estimate of drug-likeness (QED) is 0.370. The van der Waals surface area contributed by atoms with Gasteiger partial charge in [0.1, 0.15) is 5.75 Å². The van der Waals surface area contributed by atoms with E-state index in [-0.39, 0.29) is 5.95 Å². The molecule has 8 nitrogen and oxygen atoms in total. The van der Waals surface area contributed by atoms with Crippen molar-refractivity contribution < 1.29 is 16.4 Å². The molecular weight excluding hydrogens is 404 g/mol. The van der Waals surface area contributed by atoms with Crippen molar-refractivity contribution in [3.05, 3.63) is 67.5 Å². The zero-order valence-corrected chi connectivity index (χ0v) is 17.4. The number of nitrogens with zero attached hydrogens (tertiary/aromatic N) is 3. The summed E-state index contributed by atoms with van der Waals surface area (Å²) in [5.41, 5.74) is 3.08. The number of rotatable bonds is 7. The lowest BCUT2D eigenvalue weighted by atomic mass is 10.1. The Kier molecular flexibility index (Phi) is 4.26. The van der Waals surface area contributed by atoms with Crippen molar-refractivity contribution in [2.45, 2.75) is 0 Å². The van der Waals surface area contributed by atoms with E-state index in [1.165, 1.54) is 11.7 Å². The third-order valence-corrected chi connectivity index (χ3v) is 4.89. The summed E-state index contributed by atoms with van der Waals surface area (Å²) in [6, 6.07) is 12.2. The van der Waals surface area contributed by atoms with E-state index in [0.29, 0.717) is 39.6 Å². The lowest BCUT2D eigenvalue weighted by Gasteiger charge is -2.16. The highest BCUT2D eigenvalue weighted by Gasteiger charge is 2.14. The van der Waals surface area contributed by atoms with Gasteiger partial charge >= 0.3 is 0 Å². The van der Waals surface area contributed by atoms with Gasteiger partial charge < -0.3 is 25.3 Å². The highest BCUT2D eigenvalue weighted by Crippen LogP contribution is 2.36. The molecule has 0 unspecified atom stereocenters. The molecule has 4 rings (SSSR count). The van der Waals surface area contributed by atoms with Crippen LogP contribution in [0, 0.1) is 0 Å².